The van der Waals surface area contributed by atoms with Crippen LogP contribution in [0.2, 0.25) is 0 Å². The van der Waals surface area contributed by atoms with Crippen LogP contribution in [0.1, 0.15) is 32.1 Å². The van der Waals surface area contributed by atoms with Gasteiger partial charge in [-0.2, -0.15) is 0 Å². The number of epoxide rings is 1. The van der Waals surface area contributed by atoms with E-state index < -0.39 is 0 Å². The van der Waals surface area contributed by atoms with Crippen molar-refractivity contribution in [2.75, 3.05) is 5.32 Å². The molecule has 3 atom stereocenters. The van der Waals surface area contributed by atoms with Crippen LogP contribution < -0.4 is 5.32 Å². The van der Waals surface area contributed by atoms with Gasteiger partial charge in [-0.05, 0) is 44.2 Å². The highest BCUT2D eigenvalue weighted by Gasteiger charge is 2.39. The molecular weight excluding hydrogens is 242 g/mol. The summed E-state index contributed by atoms with van der Waals surface area (Å²) in [5.74, 6) is 0. The maximum absolute atomic E-state index is 11.8. The SMILES string of the molecule is O=C(Nc1ccccc1)O[C@@H]1CCC[C@@H]2O[C@H]2CC1. The number of carbonyl (C=O) groups is 1. The lowest BCUT2D eigenvalue weighted by atomic mass is 9.99. The second-order valence-electron chi connectivity index (χ2n) is 5.24. The van der Waals surface area contributed by atoms with Gasteiger partial charge in [-0.15, -0.1) is 0 Å². The molecule has 19 heavy (non-hydrogen) atoms. The highest BCUT2D eigenvalue weighted by atomic mass is 16.6. The fraction of sp³-hybridized carbons (Fsp3) is 0.533. The Morgan fingerprint density at radius 3 is 2.74 bits per heavy atom. The Morgan fingerprint density at radius 1 is 1.11 bits per heavy atom. The Hall–Kier alpha value is -1.55. The number of hydrogen-bond acceptors (Lipinski definition) is 3. The molecule has 0 spiro atoms. The van der Waals surface area contributed by atoms with Gasteiger partial charge in [-0.25, -0.2) is 4.79 Å². The number of hydrogen-bond donors (Lipinski definition) is 1. The average Bonchev–Trinajstić information content (AvgIpc) is 3.12. The highest BCUT2D eigenvalue weighted by molar-refractivity contribution is 5.84. The van der Waals surface area contributed by atoms with Crippen molar-refractivity contribution >= 4 is 11.8 Å². The van der Waals surface area contributed by atoms with Gasteiger partial charge >= 0.3 is 6.09 Å². The minimum atomic E-state index is -0.356. The molecule has 4 heteroatoms. The van der Waals surface area contributed by atoms with Crippen molar-refractivity contribution < 1.29 is 14.3 Å². The molecular formula is C15H19NO3. The van der Waals surface area contributed by atoms with E-state index in [0.29, 0.717) is 12.2 Å². The Morgan fingerprint density at radius 2 is 1.89 bits per heavy atom. The number of nitrogens with one attached hydrogen (secondary N) is 1. The van der Waals surface area contributed by atoms with Crippen LogP contribution in [0.25, 0.3) is 0 Å². The topological polar surface area (TPSA) is 50.9 Å². The van der Waals surface area contributed by atoms with Gasteiger partial charge in [0.15, 0.2) is 0 Å². The van der Waals surface area contributed by atoms with E-state index in [2.05, 4.69) is 5.32 Å². The minimum absolute atomic E-state index is 0.0221. The van der Waals surface area contributed by atoms with Crippen LogP contribution >= 0.6 is 0 Å². The number of rotatable bonds is 2. The lowest BCUT2D eigenvalue weighted by Crippen LogP contribution is -2.24. The van der Waals surface area contributed by atoms with E-state index in [1.165, 1.54) is 0 Å². The second-order valence-corrected chi connectivity index (χ2v) is 5.24. The van der Waals surface area contributed by atoms with Gasteiger partial charge in [0, 0.05) is 5.69 Å². The maximum atomic E-state index is 11.8. The third-order valence-electron chi connectivity index (χ3n) is 3.77. The lowest BCUT2D eigenvalue weighted by Gasteiger charge is -2.19. The summed E-state index contributed by atoms with van der Waals surface area (Å²) in [7, 11) is 0. The highest BCUT2D eigenvalue weighted by Crippen LogP contribution is 2.34. The van der Waals surface area contributed by atoms with Crippen molar-refractivity contribution in [3.8, 4) is 0 Å². The van der Waals surface area contributed by atoms with E-state index in [9.17, 15) is 4.79 Å². The first kappa shape index (κ1) is 12.5. The van der Waals surface area contributed by atoms with Crippen LogP contribution in [0.15, 0.2) is 30.3 Å². The quantitative estimate of drug-likeness (QED) is 0.831. The Bertz CT molecular complexity index is 434. The normalized spacial score (nSPS) is 29.6. The number of para-hydroxylation sites is 1. The lowest BCUT2D eigenvalue weighted by molar-refractivity contribution is 0.0946. The van der Waals surface area contributed by atoms with Crippen molar-refractivity contribution in [1.82, 2.24) is 0 Å². The fourth-order valence-corrected chi connectivity index (χ4v) is 2.67. The predicted molar refractivity (Wildman–Crippen MR) is 72.1 cm³/mol. The van der Waals surface area contributed by atoms with Gasteiger partial charge in [0.1, 0.15) is 6.10 Å². The molecule has 3 rings (SSSR count). The van der Waals surface area contributed by atoms with Gasteiger partial charge in [-0.1, -0.05) is 18.2 Å². The minimum Gasteiger partial charge on any atom is -0.446 e. The standard InChI is InChI=1S/C15H19NO3/c17-15(16-11-5-2-1-3-6-11)18-12-7-4-8-13-14(19-13)10-9-12/h1-3,5-6,12-14H,4,7-10H2,(H,16,17)/t12-,13+,14+/m1/s1. The average molecular weight is 261 g/mol. The zero-order valence-electron chi connectivity index (χ0n) is 10.9. The molecule has 1 aliphatic heterocycles. The first-order chi connectivity index (χ1) is 9.31. The van der Waals surface area contributed by atoms with E-state index in [0.717, 1.165) is 37.8 Å². The summed E-state index contributed by atoms with van der Waals surface area (Å²) < 4.78 is 11.0. The summed E-state index contributed by atoms with van der Waals surface area (Å²) >= 11 is 0. The van der Waals surface area contributed by atoms with E-state index in [1.54, 1.807) is 0 Å². The summed E-state index contributed by atoms with van der Waals surface area (Å²) in [5.41, 5.74) is 0.768. The number of ether oxygens (including phenoxy) is 2. The monoisotopic (exact) mass is 261 g/mol. The van der Waals surface area contributed by atoms with E-state index in [-0.39, 0.29) is 12.2 Å². The van der Waals surface area contributed by atoms with Crippen molar-refractivity contribution in [2.45, 2.75) is 50.4 Å². The van der Waals surface area contributed by atoms with Crippen LogP contribution in [-0.4, -0.2) is 24.4 Å². The zero-order chi connectivity index (χ0) is 13.1. The molecule has 1 amide bonds. The molecule has 1 saturated carbocycles. The van der Waals surface area contributed by atoms with Crippen LogP contribution in [-0.2, 0) is 9.47 Å². The Balaban J connectivity index is 1.48. The predicted octanol–water partition coefficient (Wildman–Crippen LogP) is 3.34. The summed E-state index contributed by atoms with van der Waals surface area (Å²) in [5, 5.41) is 2.75. The first-order valence-corrected chi connectivity index (χ1v) is 6.99. The van der Waals surface area contributed by atoms with Crippen LogP contribution in [0, 0.1) is 0 Å². The van der Waals surface area contributed by atoms with Gasteiger partial charge in [0.05, 0.1) is 12.2 Å². The smallest absolute Gasteiger partial charge is 0.411 e. The number of benzene rings is 1. The molecule has 2 aliphatic rings. The van der Waals surface area contributed by atoms with Crippen molar-refractivity contribution in [3.63, 3.8) is 0 Å². The zero-order valence-corrected chi connectivity index (χ0v) is 10.9. The molecule has 4 nitrogen and oxygen atoms in total. The fourth-order valence-electron chi connectivity index (χ4n) is 2.67. The molecule has 0 unspecified atom stereocenters. The summed E-state index contributed by atoms with van der Waals surface area (Å²) in [6.07, 6.45) is 5.60. The molecule has 0 aromatic heterocycles. The van der Waals surface area contributed by atoms with Gasteiger partial charge in [-0.3, -0.25) is 5.32 Å². The number of anilines is 1. The van der Waals surface area contributed by atoms with Crippen LogP contribution in [0.3, 0.4) is 0 Å². The van der Waals surface area contributed by atoms with Gasteiger partial charge in [0.2, 0.25) is 0 Å². The Kier molecular flexibility index (Phi) is 3.69. The molecule has 1 aliphatic carbocycles. The third kappa shape index (κ3) is 3.47. The summed E-state index contributed by atoms with van der Waals surface area (Å²) in [4.78, 5) is 11.8. The third-order valence-corrected chi connectivity index (χ3v) is 3.77. The molecule has 1 aromatic carbocycles. The van der Waals surface area contributed by atoms with Crippen LogP contribution in [0.5, 0.6) is 0 Å². The molecule has 102 valence electrons. The van der Waals surface area contributed by atoms with E-state index in [1.807, 2.05) is 30.3 Å². The van der Waals surface area contributed by atoms with Crippen molar-refractivity contribution in [3.05, 3.63) is 30.3 Å². The first-order valence-electron chi connectivity index (χ1n) is 6.99. The van der Waals surface area contributed by atoms with Gasteiger partial charge < -0.3 is 9.47 Å². The molecule has 0 bridgehead atoms. The number of amides is 1. The summed E-state index contributed by atoms with van der Waals surface area (Å²) in [6.45, 7) is 0. The van der Waals surface area contributed by atoms with E-state index >= 15 is 0 Å². The number of carbonyl (C=O) groups excluding carboxylic acids is 1. The molecule has 1 aromatic rings. The molecule has 2 fully saturated rings. The van der Waals surface area contributed by atoms with Crippen molar-refractivity contribution in [2.24, 2.45) is 0 Å². The number of fused-ring (bicyclic) bond motifs is 1. The second kappa shape index (κ2) is 5.61. The maximum Gasteiger partial charge on any atom is 0.411 e. The molecule has 0 radical (unpaired) electrons. The molecule has 1 heterocycles. The van der Waals surface area contributed by atoms with Crippen molar-refractivity contribution in [1.29, 1.82) is 0 Å². The largest absolute Gasteiger partial charge is 0.446 e. The molecule has 1 N–H and O–H groups in total. The Labute approximate surface area is 113 Å². The summed E-state index contributed by atoms with van der Waals surface area (Å²) in [6, 6.07) is 9.38. The van der Waals surface area contributed by atoms with Gasteiger partial charge in [0.25, 0.3) is 0 Å². The molecule has 1 saturated heterocycles. The van der Waals surface area contributed by atoms with Crippen LogP contribution in [0.4, 0.5) is 10.5 Å². The van der Waals surface area contributed by atoms with E-state index in [4.69, 9.17) is 9.47 Å².